The third-order valence-corrected chi connectivity index (χ3v) is 2.86. The first-order valence-electron chi connectivity index (χ1n) is 4.03. The van der Waals surface area contributed by atoms with Crippen LogP contribution in [0, 0.1) is 6.92 Å². The Balaban J connectivity index is 2.57. The maximum Gasteiger partial charge on any atom is 0.270 e. The molecule has 3 heteroatoms. The lowest BCUT2D eigenvalue weighted by molar-refractivity contribution is 0.429. The molecule has 1 aromatic carbocycles. The van der Waals surface area contributed by atoms with Gasteiger partial charge in [0.15, 0.2) is 0 Å². The summed E-state index contributed by atoms with van der Waals surface area (Å²) in [5.74, 6) is 0. The molecule has 0 N–H and O–H groups in total. The van der Waals surface area contributed by atoms with Crippen molar-refractivity contribution in [1.82, 2.24) is 0 Å². The molecule has 0 spiro atoms. The minimum atomic E-state index is -1.67. The van der Waals surface area contributed by atoms with Crippen molar-refractivity contribution in [2.24, 2.45) is 0 Å². The van der Waals surface area contributed by atoms with E-state index in [-0.39, 0.29) is 0 Å². The van der Waals surface area contributed by atoms with Crippen molar-refractivity contribution in [1.29, 1.82) is 0 Å². The van der Waals surface area contributed by atoms with Gasteiger partial charge in [0.1, 0.15) is 0 Å². The van der Waals surface area contributed by atoms with Gasteiger partial charge in [0.25, 0.3) is 6.08 Å². The first kappa shape index (κ1) is 9.34. The van der Waals surface area contributed by atoms with Gasteiger partial charge in [0.2, 0.25) is 0 Å². The first-order valence-corrected chi connectivity index (χ1v) is 4.91. The smallest absolute Gasteiger partial charge is 0.173 e. The Morgan fingerprint density at radius 3 is 2.86 bits per heavy atom. The fourth-order valence-electron chi connectivity index (χ4n) is 1.35. The van der Waals surface area contributed by atoms with Crippen molar-refractivity contribution in [3.8, 4) is 0 Å². The molecular weight excluding hydrogens is 202 g/mol. The third-order valence-electron chi connectivity index (χ3n) is 1.98. The number of hydrogen-bond acceptors (Lipinski definition) is 1. The normalized spacial score (nSPS) is 10.5. The lowest BCUT2D eigenvalue weighted by Gasteiger charge is -1.94. The minimum Gasteiger partial charge on any atom is -0.173 e. The molecule has 0 aliphatic carbocycles. The van der Waals surface area contributed by atoms with Crippen LogP contribution in [0.15, 0.2) is 29.7 Å². The maximum atomic E-state index is 12.0. The molecule has 0 fully saturated rings. The highest BCUT2D eigenvalue weighted by Gasteiger charge is 2.00. The molecule has 0 unspecified atom stereocenters. The fourth-order valence-corrected chi connectivity index (χ4v) is 2.12. The monoisotopic (exact) mass is 209 g/mol. The quantitative estimate of drug-likeness (QED) is 0.656. The Morgan fingerprint density at radius 1 is 1.36 bits per heavy atom. The lowest BCUT2D eigenvalue weighted by atomic mass is 10.1. The second-order valence-corrected chi connectivity index (χ2v) is 3.90. The van der Waals surface area contributed by atoms with Crippen molar-refractivity contribution in [3.05, 3.63) is 47.0 Å². The first-order chi connectivity index (χ1) is 6.66. The van der Waals surface area contributed by atoms with Gasteiger partial charge >= 0.3 is 0 Å². The summed E-state index contributed by atoms with van der Waals surface area (Å²) in [7, 11) is 0. The van der Waals surface area contributed by atoms with Crippen LogP contribution in [-0.2, 0) is 0 Å². The largest absolute Gasteiger partial charge is 0.270 e. The van der Waals surface area contributed by atoms with Crippen LogP contribution in [0.5, 0.6) is 0 Å². The summed E-state index contributed by atoms with van der Waals surface area (Å²) in [6.07, 6.45) is -0.811. The van der Waals surface area contributed by atoms with Crippen molar-refractivity contribution in [2.45, 2.75) is 0 Å². The van der Waals surface area contributed by atoms with Crippen molar-refractivity contribution in [2.75, 3.05) is 0 Å². The standard InChI is InChI=1S/C11H7F2S/c1-7-10-3-2-8(5-11(12)13)4-9(10)6-14-7/h2-6H,1H2. The highest BCUT2D eigenvalue weighted by Crippen LogP contribution is 2.26. The SMILES string of the molecule is [CH2]c1scc2cc(C=C(F)F)ccc12. The molecule has 0 bridgehead atoms. The summed E-state index contributed by atoms with van der Waals surface area (Å²) in [6.45, 7) is 3.85. The van der Waals surface area contributed by atoms with Crippen LogP contribution < -0.4 is 0 Å². The number of fused-ring (bicyclic) bond motifs is 1. The molecule has 1 heterocycles. The highest BCUT2D eigenvalue weighted by atomic mass is 32.1. The van der Waals surface area contributed by atoms with Crippen LogP contribution in [0.3, 0.4) is 0 Å². The second kappa shape index (κ2) is 3.50. The zero-order chi connectivity index (χ0) is 10.1. The molecule has 2 rings (SSSR count). The number of thiophene rings is 1. The van der Waals surface area contributed by atoms with Crippen molar-refractivity contribution >= 4 is 28.2 Å². The van der Waals surface area contributed by atoms with E-state index in [0.29, 0.717) is 5.56 Å². The summed E-state index contributed by atoms with van der Waals surface area (Å²) >= 11 is 1.53. The average Bonchev–Trinajstić information content (AvgIpc) is 2.46. The molecule has 1 radical (unpaired) electrons. The Hall–Kier alpha value is -1.22. The average molecular weight is 209 g/mol. The van der Waals surface area contributed by atoms with E-state index in [4.69, 9.17) is 0 Å². The molecule has 0 atom stereocenters. The van der Waals surface area contributed by atoms with Gasteiger partial charge in [0, 0.05) is 11.0 Å². The number of rotatable bonds is 1. The summed E-state index contributed by atoms with van der Waals surface area (Å²) < 4.78 is 24.0. The molecule has 14 heavy (non-hydrogen) atoms. The summed E-state index contributed by atoms with van der Waals surface area (Å²) in [5.41, 5.74) is 0.523. The molecule has 0 aliphatic heterocycles. The molecule has 71 valence electrons. The topological polar surface area (TPSA) is 0 Å². The lowest BCUT2D eigenvalue weighted by Crippen LogP contribution is -1.73. The number of halogens is 2. The van der Waals surface area contributed by atoms with Gasteiger partial charge in [-0.25, -0.2) is 0 Å². The summed E-state index contributed by atoms with van der Waals surface area (Å²) in [4.78, 5) is 0.969. The Morgan fingerprint density at radius 2 is 2.14 bits per heavy atom. The molecule has 0 saturated carbocycles. The van der Waals surface area contributed by atoms with Crippen LogP contribution in [-0.4, -0.2) is 0 Å². The molecule has 0 amide bonds. The van der Waals surface area contributed by atoms with E-state index < -0.39 is 6.08 Å². The van der Waals surface area contributed by atoms with E-state index in [9.17, 15) is 8.78 Å². The zero-order valence-electron chi connectivity index (χ0n) is 7.26. The van der Waals surface area contributed by atoms with Gasteiger partial charge in [-0.3, -0.25) is 0 Å². The van der Waals surface area contributed by atoms with Gasteiger partial charge in [0.05, 0.1) is 0 Å². The van der Waals surface area contributed by atoms with Gasteiger partial charge in [-0.2, -0.15) is 8.78 Å². The third kappa shape index (κ3) is 1.68. The Labute approximate surface area is 84.5 Å². The maximum absolute atomic E-state index is 12.0. The van der Waals surface area contributed by atoms with E-state index >= 15 is 0 Å². The summed E-state index contributed by atoms with van der Waals surface area (Å²) in [5, 5.41) is 3.92. The fraction of sp³-hybridized carbons (Fsp3) is 0. The molecule has 2 aromatic rings. The van der Waals surface area contributed by atoms with Crippen LogP contribution >= 0.6 is 11.3 Å². The number of benzene rings is 1. The molecule has 0 saturated heterocycles. The molecular formula is C11H7F2S. The predicted molar refractivity (Wildman–Crippen MR) is 56.5 cm³/mol. The molecule has 0 nitrogen and oxygen atoms in total. The number of hydrogen-bond donors (Lipinski definition) is 0. The van der Waals surface area contributed by atoms with Gasteiger partial charge in [-0.05, 0) is 34.7 Å². The van der Waals surface area contributed by atoms with E-state index in [0.717, 1.165) is 21.7 Å². The van der Waals surface area contributed by atoms with E-state index in [1.165, 1.54) is 11.3 Å². The van der Waals surface area contributed by atoms with Crippen LogP contribution in [0.2, 0.25) is 0 Å². The predicted octanol–water partition coefficient (Wildman–Crippen LogP) is 4.32. The van der Waals surface area contributed by atoms with Crippen LogP contribution in [0.25, 0.3) is 16.8 Å². The molecule has 1 aromatic heterocycles. The van der Waals surface area contributed by atoms with E-state index in [1.807, 2.05) is 11.4 Å². The Kier molecular flexibility index (Phi) is 2.33. The van der Waals surface area contributed by atoms with Gasteiger partial charge in [-0.1, -0.05) is 12.1 Å². The van der Waals surface area contributed by atoms with Crippen molar-refractivity contribution < 1.29 is 8.78 Å². The van der Waals surface area contributed by atoms with Gasteiger partial charge < -0.3 is 0 Å². The van der Waals surface area contributed by atoms with E-state index in [2.05, 4.69) is 6.92 Å². The zero-order valence-corrected chi connectivity index (χ0v) is 8.07. The Bertz CT molecular complexity index is 493. The molecule has 0 aliphatic rings. The highest BCUT2D eigenvalue weighted by molar-refractivity contribution is 7.11. The second-order valence-electron chi connectivity index (χ2n) is 2.94. The van der Waals surface area contributed by atoms with Gasteiger partial charge in [-0.15, -0.1) is 11.3 Å². The van der Waals surface area contributed by atoms with E-state index in [1.54, 1.807) is 12.1 Å². The van der Waals surface area contributed by atoms with Crippen molar-refractivity contribution in [3.63, 3.8) is 0 Å². The summed E-state index contributed by atoms with van der Waals surface area (Å²) in [6, 6.07) is 5.23. The minimum absolute atomic E-state index is 0.523. The van der Waals surface area contributed by atoms with Crippen LogP contribution in [0.1, 0.15) is 10.4 Å². The van der Waals surface area contributed by atoms with Crippen LogP contribution in [0.4, 0.5) is 8.78 Å².